The standard InChI is InChI=1S/C29H26N2O5S/c1-5-36-22-11-8-19(12-17(22)4)26(33)24-25(18-6-9-20(32)10-7-18)31(28(35)27(24)34)29-30-21-13-15(2)16(3)14-23(21)37-29/h6-14,25,32-33H,5H2,1-4H3/b26-24+. The molecule has 0 saturated carbocycles. The average Bonchev–Trinajstić information content (AvgIpc) is 3.38. The first-order valence-electron chi connectivity index (χ1n) is 11.9. The summed E-state index contributed by atoms with van der Waals surface area (Å²) >= 11 is 1.32. The van der Waals surface area contributed by atoms with Gasteiger partial charge in [-0.2, -0.15) is 0 Å². The third-order valence-electron chi connectivity index (χ3n) is 6.60. The number of aliphatic hydroxyl groups is 1. The minimum absolute atomic E-state index is 0.0362. The van der Waals surface area contributed by atoms with E-state index >= 15 is 0 Å². The lowest BCUT2D eigenvalue weighted by molar-refractivity contribution is -0.132. The minimum Gasteiger partial charge on any atom is -0.508 e. The number of carbonyl (C=O) groups is 2. The number of amides is 1. The molecule has 2 N–H and O–H groups in total. The van der Waals surface area contributed by atoms with E-state index in [4.69, 9.17) is 4.74 Å². The minimum atomic E-state index is -0.921. The van der Waals surface area contributed by atoms with Crippen molar-refractivity contribution in [1.82, 2.24) is 4.98 Å². The van der Waals surface area contributed by atoms with Gasteiger partial charge in [-0.25, -0.2) is 4.98 Å². The fraction of sp³-hybridized carbons (Fsp3) is 0.207. The van der Waals surface area contributed by atoms with Gasteiger partial charge in [0.25, 0.3) is 5.78 Å². The topological polar surface area (TPSA) is 100.0 Å². The van der Waals surface area contributed by atoms with Gasteiger partial charge in [0.05, 0.1) is 28.4 Å². The molecule has 1 aliphatic rings. The number of fused-ring (bicyclic) bond motifs is 1. The van der Waals surface area contributed by atoms with E-state index in [-0.39, 0.29) is 17.1 Å². The Bertz CT molecular complexity index is 1550. The molecule has 2 heterocycles. The van der Waals surface area contributed by atoms with Crippen LogP contribution in [0.15, 0.2) is 60.2 Å². The summed E-state index contributed by atoms with van der Waals surface area (Å²) < 4.78 is 6.49. The lowest BCUT2D eigenvalue weighted by atomic mass is 9.95. The summed E-state index contributed by atoms with van der Waals surface area (Å²) in [5, 5.41) is 21.6. The fourth-order valence-electron chi connectivity index (χ4n) is 4.54. The summed E-state index contributed by atoms with van der Waals surface area (Å²) in [7, 11) is 0. The van der Waals surface area contributed by atoms with E-state index in [0.717, 1.165) is 26.9 Å². The number of benzene rings is 3. The highest BCUT2D eigenvalue weighted by molar-refractivity contribution is 7.22. The Balaban J connectivity index is 1.70. The highest BCUT2D eigenvalue weighted by Crippen LogP contribution is 2.45. The number of ether oxygens (including phenoxy) is 1. The normalized spacial score (nSPS) is 17.1. The number of anilines is 1. The van der Waals surface area contributed by atoms with Crippen molar-refractivity contribution >= 4 is 44.1 Å². The number of hydrogen-bond donors (Lipinski definition) is 2. The SMILES string of the molecule is CCOc1ccc(/C(O)=C2\C(=O)C(=O)N(c3nc4cc(C)c(C)cc4s3)C2c2ccc(O)cc2)cc1C. The van der Waals surface area contributed by atoms with Crippen LogP contribution in [0.2, 0.25) is 0 Å². The quantitative estimate of drug-likeness (QED) is 0.194. The summed E-state index contributed by atoms with van der Waals surface area (Å²) in [6.45, 7) is 8.24. The number of aryl methyl sites for hydroxylation is 3. The van der Waals surface area contributed by atoms with Gasteiger partial charge in [-0.3, -0.25) is 14.5 Å². The van der Waals surface area contributed by atoms with Crippen LogP contribution < -0.4 is 9.64 Å². The van der Waals surface area contributed by atoms with Crippen LogP contribution in [0.1, 0.15) is 40.8 Å². The van der Waals surface area contributed by atoms with Crippen molar-refractivity contribution in [2.45, 2.75) is 33.7 Å². The molecule has 1 amide bonds. The van der Waals surface area contributed by atoms with Crippen molar-refractivity contribution in [1.29, 1.82) is 0 Å². The van der Waals surface area contributed by atoms with Gasteiger partial charge in [-0.1, -0.05) is 23.5 Å². The van der Waals surface area contributed by atoms with Crippen LogP contribution >= 0.6 is 11.3 Å². The molecule has 5 rings (SSSR count). The average molecular weight is 515 g/mol. The van der Waals surface area contributed by atoms with E-state index in [9.17, 15) is 19.8 Å². The molecule has 0 aliphatic carbocycles. The van der Waals surface area contributed by atoms with Crippen LogP contribution in [0.4, 0.5) is 5.13 Å². The Morgan fingerprint density at radius 2 is 1.70 bits per heavy atom. The number of ketones is 1. The van der Waals surface area contributed by atoms with Crippen LogP contribution in [-0.2, 0) is 9.59 Å². The number of rotatable bonds is 5. The van der Waals surface area contributed by atoms with E-state index in [1.165, 1.54) is 28.4 Å². The van der Waals surface area contributed by atoms with Gasteiger partial charge in [0.2, 0.25) is 0 Å². The van der Waals surface area contributed by atoms with Crippen LogP contribution in [0.5, 0.6) is 11.5 Å². The lowest BCUT2D eigenvalue weighted by Gasteiger charge is -2.23. The number of Topliss-reactive ketones (excluding diaryl/α,β-unsaturated/α-hetero) is 1. The number of aromatic nitrogens is 1. The molecule has 188 valence electrons. The van der Waals surface area contributed by atoms with Crippen LogP contribution in [0.25, 0.3) is 16.0 Å². The Hall–Kier alpha value is -4.17. The van der Waals surface area contributed by atoms with Crippen molar-refractivity contribution in [2.75, 3.05) is 11.5 Å². The Kier molecular flexibility index (Phi) is 6.21. The number of carbonyl (C=O) groups excluding carboxylic acids is 2. The molecule has 37 heavy (non-hydrogen) atoms. The maximum absolute atomic E-state index is 13.4. The zero-order valence-electron chi connectivity index (χ0n) is 20.9. The monoisotopic (exact) mass is 514 g/mol. The van der Waals surface area contributed by atoms with Gasteiger partial charge < -0.3 is 14.9 Å². The van der Waals surface area contributed by atoms with Gasteiger partial charge in [0.15, 0.2) is 5.13 Å². The van der Waals surface area contributed by atoms with Crippen molar-refractivity contribution in [2.24, 2.45) is 0 Å². The van der Waals surface area contributed by atoms with Gasteiger partial charge in [-0.15, -0.1) is 0 Å². The fourth-order valence-corrected chi connectivity index (χ4v) is 5.61. The van der Waals surface area contributed by atoms with E-state index in [2.05, 4.69) is 4.98 Å². The van der Waals surface area contributed by atoms with Crippen molar-refractivity contribution < 1.29 is 24.5 Å². The van der Waals surface area contributed by atoms with E-state index in [1.807, 2.05) is 39.8 Å². The number of thiazole rings is 1. The van der Waals surface area contributed by atoms with Gasteiger partial charge >= 0.3 is 5.91 Å². The molecule has 1 fully saturated rings. The van der Waals surface area contributed by atoms with Crippen molar-refractivity contribution in [3.63, 3.8) is 0 Å². The molecule has 0 bridgehead atoms. The van der Waals surface area contributed by atoms with E-state index in [0.29, 0.717) is 28.6 Å². The number of phenols is 1. The van der Waals surface area contributed by atoms with Crippen molar-refractivity contribution in [3.05, 3.63) is 88.0 Å². The maximum Gasteiger partial charge on any atom is 0.301 e. The third kappa shape index (κ3) is 4.23. The molecule has 1 saturated heterocycles. The zero-order valence-corrected chi connectivity index (χ0v) is 21.7. The van der Waals surface area contributed by atoms with Gasteiger partial charge in [-0.05, 0) is 92.4 Å². The molecule has 4 aromatic rings. The number of phenolic OH excluding ortho intramolecular Hbond substituents is 1. The summed E-state index contributed by atoms with van der Waals surface area (Å²) in [5.41, 5.74) is 4.63. The molecule has 3 aromatic carbocycles. The molecule has 1 aromatic heterocycles. The Morgan fingerprint density at radius 3 is 2.38 bits per heavy atom. The second-order valence-corrected chi connectivity index (χ2v) is 10.1. The smallest absolute Gasteiger partial charge is 0.301 e. The summed E-state index contributed by atoms with van der Waals surface area (Å²) in [6, 6.07) is 14.4. The molecule has 0 radical (unpaired) electrons. The first kappa shape index (κ1) is 24.5. The van der Waals surface area contributed by atoms with Crippen LogP contribution in [0.3, 0.4) is 0 Å². The molecule has 0 spiro atoms. The summed E-state index contributed by atoms with van der Waals surface area (Å²) in [4.78, 5) is 32.9. The number of aromatic hydroxyl groups is 1. The van der Waals surface area contributed by atoms with E-state index < -0.39 is 17.7 Å². The lowest BCUT2D eigenvalue weighted by Crippen LogP contribution is -2.29. The maximum atomic E-state index is 13.4. The third-order valence-corrected chi connectivity index (χ3v) is 7.62. The van der Waals surface area contributed by atoms with Gasteiger partial charge in [0, 0.05) is 5.56 Å². The number of nitrogens with zero attached hydrogens (tertiary/aromatic N) is 2. The van der Waals surface area contributed by atoms with Gasteiger partial charge in [0.1, 0.15) is 17.3 Å². The summed E-state index contributed by atoms with van der Waals surface area (Å²) in [6.07, 6.45) is 0. The second kappa shape index (κ2) is 9.37. The molecular weight excluding hydrogens is 488 g/mol. The second-order valence-electron chi connectivity index (χ2n) is 9.07. The molecular formula is C29H26N2O5S. The Morgan fingerprint density at radius 1 is 1.00 bits per heavy atom. The number of aliphatic hydroxyl groups excluding tert-OH is 1. The molecule has 8 heteroatoms. The predicted molar refractivity (Wildman–Crippen MR) is 144 cm³/mol. The van der Waals surface area contributed by atoms with Crippen molar-refractivity contribution in [3.8, 4) is 11.5 Å². The molecule has 1 atom stereocenters. The van der Waals surface area contributed by atoms with Crippen LogP contribution in [-0.4, -0.2) is 33.5 Å². The summed E-state index contributed by atoms with van der Waals surface area (Å²) in [5.74, 6) is -1.12. The first-order valence-corrected chi connectivity index (χ1v) is 12.7. The zero-order chi connectivity index (χ0) is 26.4. The first-order chi connectivity index (χ1) is 17.7. The number of hydrogen-bond acceptors (Lipinski definition) is 7. The largest absolute Gasteiger partial charge is 0.508 e. The predicted octanol–water partition coefficient (Wildman–Crippen LogP) is 5.95. The highest BCUT2D eigenvalue weighted by Gasteiger charge is 2.48. The molecule has 1 unspecified atom stereocenters. The Labute approximate surface area is 218 Å². The molecule has 1 aliphatic heterocycles. The van der Waals surface area contributed by atoms with E-state index in [1.54, 1.807) is 30.3 Å². The molecule has 7 nitrogen and oxygen atoms in total. The highest BCUT2D eigenvalue weighted by atomic mass is 32.1. The van der Waals surface area contributed by atoms with Crippen LogP contribution in [0, 0.1) is 20.8 Å².